The number of thiazole rings is 1. The number of nitrogens with one attached hydrogen (secondary N) is 1. The summed E-state index contributed by atoms with van der Waals surface area (Å²) in [5.74, 6) is -2.09. The van der Waals surface area contributed by atoms with Gasteiger partial charge in [0, 0.05) is 11.3 Å². The van der Waals surface area contributed by atoms with Crippen LogP contribution in [-0.2, 0) is 0 Å². The summed E-state index contributed by atoms with van der Waals surface area (Å²) < 4.78 is 37.3. The summed E-state index contributed by atoms with van der Waals surface area (Å²) in [5, 5.41) is 4.93. The minimum absolute atomic E-state index is 0.0435. The van der Waals surface area contributed by atoms with Gasteiger partial charge in [-0.3, -0.25) is 14.9 Å². The molecule has 3 rings (SSSR count). The van der Waals surface area contributed by atoms with Crippen molar-refractivity contribution in [2.45, 2.75) is 44.2 Å². The maximum atomic E-state index is 12.4. The van der Waals surface area contributed by atoms with E-state index >= 15 is 0 Å². The number of alkyl halides is 3. The van der Waals surface area contributed by atoms with Crippen molar-refractivity contribution in [2.24, 2.45) is 0 Å². The lowest BCUT2D eigenvalue weighted by Gasteiger charge is -2.19. The molecular weight excluding hydrogens is 373 g/mol. The SMILES string of the molecule is O=C(Nc1nc(C2CCCCC2)cs1)c1ccc(C(=O)C(F)(F)F)s1. The molecule has 1 N–H and O–H groups in total. The van der Waals surface area contributed by atoms with Gasteiger partial charge < -0.3 is 0 Å². The summed E-state index contributed by atoms with van der Waals surface area (Å²) in [7, 11) is 0. The van der Waals surface area contributed by atoms with Gasteiger partial charge in [0.05, 0.1) is 15.4 Å². The minimum Gasteiger partial charge on any atom is -0.297 e. The molecule has 0 aromatic carbocycles. The number of aromatic nitrogens is 1. The smallest absolute Gasteiger partial charge is 0.297 e. The maximum absolute atomic E-state index is 12.4. The second-order valence-electron chi connectivity index (χ2n) is 5.86. The van der Waals surface area contributed by atoms with E-state index in [0.717, 1.165) is 24.6 Å². The molecule has 9 heteroatoms. The Labute approximate surface area is 150 Å². The van der Waals surface area contributed by atoms with E-state index < -0.39 is 22.7 Å². The van der Waals surface area contributed by atoms with Crippen LogP contribution in [0, 0.1) is 0 Å². The van der Waals surface area contributed by atoms with Gasteiger partial charge in [0.1, 0.15) is 0 Å². The van der Waals surface area contributed by atoms with Crippen LogP contribution < -0.4 is 5.32 Å². The predicted octanol–water partition coefficient (Wildman–Crippen LogP) is 5.25. The number of amides is 1. The van der Waals surface area contributed by atoms with Crippen LogP contribution in [0.25, 0.3) is 0 Å². The highest BCUT2D eigenvalue weighted by Gasteiger charge is 2.40. The van der Waals surface area contributed by atoms with Gasteiger partial charge in [0.15, 0.2) is 5.13 Å². The van der Waals surface area contributed by atoms with Crippen molar-refractivity contribution in [1.29, 1.82) is 0 Å². The molecule has 0 aliphatic heterocycles. The number of thiophene rings is 1. The molecule has 1 saturated carbocycles. The molecule has 25 heavy (non-hydrogen) atoms. The van der Waals surface area contributed by atoms with E-state index in [2.05, 4.69) is 10.3 Å². The third kappa shape index (κ3) is 4.27. The first-order valence-electron chi connectivity index (χ1n) is 7.83. The van der Waals surface area contributed by atoms with Gasteiger partial charge in [0.25, 0.3) is 11.7 Å². The Hall–Kier alpha value is -1.74. The molecule has 2 heterocycles. The molecule has 2 aromatic heterocycles. The number of halogens is 3. The quantitative estimate of drug-likeness (QED) is 0.728. The number of rotatable bonds is 4. The lowest BCUT2D eigenvalue weighted by molar-refractivity contribution is -0.0882. The second kappa shape index (κ2) is 7.25. The average molecular weight is 388 g/mol. The third-order valence-corrected chi connectivity index (χ3v) is 5.94. The average Bonchev–Trinajstić information content (AvgIpc) is 3.23. The molecule has 0 atom stereocenters. The van der Waals surface area contributed by atoms with Gasteiger partial charge in [-0.15, -0.1) is 22.7 Å². The van der Waals surface area contributed by atoms with Gasteiger partial charge in [-0.1, -0.05) is 19.3 Å². The molecule has 1 aliphatic carbocycles. The zero-order chi connectivity index (χ0) is 18.0. The molecule has 1 amide bonds. The largest absolute Gasteiger partial charge is 0.455 e. The number of carbonyl (C=O) groups is 2. The normalized spacial score (nSPS) is 16.0. The van der Waals surface area contributed by atoms with Crippen LogP contribution >= 0.6 is 22.7 Å². The first-order valence-corrected chi connectivity index (χ1v) is 9.52. The Morgan fingerprint density at radius 3 is 2.48 bits per heavy atom. The monoisotopic (exact) mass is 388 g/mol. The molecule has 2 aromatic rings. The highest BCUT2D eigenvalue weighted by Crippen LogP contribution is 2.34. The number of carbonyl (C=O) groups excluding carboxylic acids is 2. The summed E-state index contributed by atoms with van der Waals surface area (Å²) in [6, 6.07) is 2.24. The number of ketones is 1. The van der Waals surface area contributed by atoms with Crippen LogP contribution in [0.2, 0.25) is 0 Å². The summed E-state index contributed by atoms with van der Waals surface area (Å²) in [6.07, 6.45) is 0.824. The fourth-order valence-electron chi connectivity index (χ4n) is 2.81. The molecule has 1 aliphatic rings. The number of nitrogens with zero attached hydrogens (tertiary/aromatic N) is 1. The second-order valence-corrected chi connectivity index (χ2v) is 7.80. The molecular formula is C16H15F3N2O2S2. The van der Waals surface area contributed by atoms with Crippen molar-refractivity contribution >= 4 is 39.5 Å². The molecule has 1 fully saturated rings. The van der Waals surface area contributed by atoms with E-state index in [1.807, 2.05) is 5.38 Å². The topological polar surface area (TPSA) is 59.1 Å². The van der Waals surface area contributed by atoms with Crippen molar-refractivity contribution in [3.8, 4) is 0 Å². The fourth-order valence-corrected chi connectivity index (χ4v) is 4.46. The molecule has 134 valence electrons. The van der Waals surface area contributed by atoms with E-state index in [1.165, 1.54) is 36.7 Å². The van der Waals surface area contributed by atoms with Gasteiger partial charge in [0.2, 0.25) is 0 Å². The Kier molecular flexibility index (Phi) is 5.24. The number of anilines is 1. The Bertz CT molecular complexity index is 776. The predicted molar refractivity (Wildman–Crippen MR) is 90.6 cm³/mol. The van der Waals surface area contributed by atoms with Crippen LogP contribution in [0.4, 0.5) is 18.3 Å². The van der Waals surface area contributed by atoms with Crippen molar-refractivity contribution < 1.29 is 22.8 Å². The Balaban J connectivity index is 1.66. The van der Waals surface area contributed by atoms with Crippen molar-refractivity contribution in [1.82, 2.24) is 4.98 Å². The number of hydrogen-bond acceptors (Lipinski definition) is 5. The zero-order valence-corrected chi connectivity index (χ0v) is 14.7. The van der Waals surface area contributed by atoms with Gasteiger partial charge >= 0.3 is 6.18 Å². The number of Topliss-reactive ketones (excluding diaryl/α,β-unsaturated/α-hetero) is 1. The van der Waals surface area contributed by atoms with Gasteiger partial charge in [-0.2, -0.15) is 13.2 Å². The van der Waals surface area contributed by atoms with Crippen LogP contribution in [-0.4, -0.2) is 22.9 Å². The summed E-state index contributed by atoms with van der Waals surface area (Å²) >= 11 is 1.82. The van der Waals surface area contributed by atoms with E-state index in [-0.39, 0.29) is 4.88 Å². The van der Waals surface area contributed by atoms with Crippen LogP contribution in [0.1, 0.15) is 63.1 Å². The summed E-state index contributed by atoms with van der Waals surface area (Å²) in [6.45, 7) is 0. The molecule has 0 radical (unpaired) electrons. The van der Waals surface area contributed by atoms with E-state index in [4.69, 9.17) is 0 Å². The molecule has 0 saturated heterocycles. The van der Waals surface area contributed by atoms with Crippen LogP contribution in [0.15, 0.2) is 17.5 Å². The maximum Gasteiger partial charge on any atom is 0.455 e. The summed E-state index contributed by atoms with van der Waals surface area (Å²) in [5.41, 5.74) is 0.958. The lowest BCUT2D eigenvalue weighted by Crippen LogP contribution is -2.21. The molecule has 4 nitrogen and oxygen atoms in total. The third-order valence-electron chi connectivity index (χ3n) is 4.08. The van der Waals surface area contributed by atoms with Gasteiger partial charge in [-0.05, 0) is 25.0 Å². The number of hydrogen-bond donors (Lipinski definition) is 1. The standard InChI is InChI=1S/C16H15F3N2O2S2/c17-16(18,19)13(22)11-6-7-12(25-11)14(23)21-15-20-10(8-24-15)9-4-2-1-3-5-9/h6-9H,1-5H2,(H,20,21,23). The van der Waals surface area contributed by atoms with Gasteiger partial charge in [-0.25, -0.2) is 4.98 Å². The first kappa shape index (κ1) is 18.1. The highest BCUT2D eigenvalue weighted by atomic mass is 32.1. The zero-order valence-electron chi connectivity index (χ0n) is 13.1. The molecule has 0 bridgehead atoms. The van der Waals surface area contributed by atoms with Crippen LogP contribution in [0.3, 0.4) is 0 Å². The van der Waals surface area contributed by atoms with E-state index in [9.17, 15) is 22.8 Å². The minimum atomic E-state index is -4.94. The van der Waals surface area contributed by atoms with Crippen molar-refractivity contribution in [3.63, 3.8) is 0 Å². The molecule has 0 spiro atoms. The van der Waals surface area contributed by atoms with Crippen molar-refractivity contribution in [3.05, 3.63) is 33.0 Å². The Morgan fingerprint density at radius 2 is 1.80 bits per heavy atom. The van der Waals surface area contributed by atoms with E-state index in [0.29, 0.717) is 22.4 Å². The first-order chi connectivity index (χ1) is 11.8. The fraction of sp³-hybridized carbons (Fsp3) is 0.438. The lowest BCUT2D eigenvalue weighted by atomic mass is 9.87. The molecule has 0 unspecified atom stereocenters. The van der Waals surface area contributed by atoms with E-state index in [1.54, 1.807) is 0 Å². The Morgan fingerprint density at radius 1 is 1.12 bits per heavy atom. The summed E-state index contributed by atoms with van der Waals surface area (Å²) in [4.78, 5) is 27.3. The van der Waals surface area contributed by atoms with Crippen molar-refractivity contribution in [2.75, 3.05) is 5.32 Å². The van der Waals surface area contributed by atoms with Crippen LogP contribution in [0.5, 0.6) is 0 Å². The highest BCUT2D eigenvalue weighted by molar-refractivity contribution is 7.16.